The highest BCUT2D eigenvalue weighted by Crippen LogP contribution is 2.17. The van der Waals surface area contributed by atoms with Crippen LogP contribution in [-0.4, -0.2) is 32.7 Å². The maximum Gasteiger partial charge on any atom is 0.256 e. The minimum atomic E-state index is -0.584. The molecule has 0 aliphatic carbocycles. The number of benzene rings is 1. The smallest absolute Gasteiger partial charge is 0.256 e. The van der Waals surface area contributed by atoms with Gasteiger partial charge in [0.25, 0.3) is 5.56 Å². The van der Waals surface area contributed by atoms with Crippen molar-refractivity contribution in [1.82, 2.24) is 14.9 Å². The van der Waals surface area contributed by atoms with Gasteiger partial charge in [-0.2, -0.15) is 0 Å². The number of aromatic amines is 1. The number of alkyl halides is 1. The van der Waals surface area contributed by atoms with Gasteiger partial charge in [-0.05, 0) is 19.4 Å². The average molecular weight is 346 g/mol. The monoisotopic (exact) mass is 345 g/mol. The predicted molar refractivity (Wildman–Crippen MR) is 93.3 cm³/mol. The summed E-state index contributed by atoms with van der Waals surface area (Å²) in [6, 6.07) is 8.17. The van der Waals surface area contributed by atoms with Crippen LogP contribution in [-0.2, 0) is 24.2 Å². The molecule has 0 bridgehead atoms. The van der Waals surface area contributed by atoms with Gasteiger partial charge in [0.1, 0.15) is 11.2 Å². The van der Waals surface area contributed by atoms with Crippen molar-refractivity contribution in [3.8, 4) is 0 Å². The normalized spacial score (nSPS) is 15.0. The number of carbonyl (C=O) groups excluding carboxylic acids is 1. The highest BCUT2D eigenvalue weighted by Gasteiger charge is 2.26. The number of fused-ring (bicyclic) bond motifs is 1. The molecule has 1 aromatic heterocycles. The number of hydrogen-bond acceptors (Lipinski definition) is 3. The van der Waals surface area contributed by atoms with Crippen LogP contribution in [0.3, 0.4) is 0 Å². The van der Waals surface area contributed by atoms with Crippen LogP contribution in [0, 0.1) is 6.92 Å². The molecule has 0 radical (unpaired) electrons. The molecule has 0 spiro atoms. The fourth-order valence-corrected chi connectivity index (χ4v) is 3.04. The number of nitrogens with zero attached hydrogens (tertiary/aromatic N) is 2. The maximum atomic E-state index is 12.4. The van der Waals surface area contributed by atoms with Crippen molar-refractivity contribution >= 4 is 17.5 Å². The Hall–Kier alpha value is -2.14. The van der Waals surface area contributed by atoms with Crippen molar-refractivity contribution in [2.24, 2.45) is 0 Å². The third-order valence-corrected chi connectivity index (χ3v) is 4.45. The summed E-state index contributed by atoms with van der Waals surface area (Å²) >= 11 is 5.86. The van der Waals surface area contributed by atoms with Crippen LogP contribution in [0.4, 0.5) is 0 Å². The Kier molecular flexibility index (Phi) is 4.71. The highest BCUT2D eigenvalue weighted by molar-refractivity contribution is 6.30. The first-order valence-electron chi connectivity index (χ1n) is 8.03. The van der Waals surface area contributed by atoms with Crippen molar-refractivity contribution in [3.05, 3.63) is 62.8 Å². The minimum absolute atomic E-state index is 0.148. The van der Waals surface area contributed by atoms with Gasteiger partial charge < -0.3 is 9.88 Å². The number of H-pyrrole nitrogens is 1. The number of carbonyl (C=O) groups is 1. The van der Waals surface area contributed by atoms with Crippen molar-refractivity contribution in [3.63, 3.8) is 0 Å². The van der Waals surface area contributed by atoms with Gasteiger partial charge in [-0.25, -0.2) is 4.98 Å². The molecule has 5 nitrogen and oxygen atoms in total. The van der Waals surface area contributed by atoms with E-state index in [-0.39, 0.29) is 18.0 Å². The molecule has 6 heteroatoms. The van der Waals surface area contributed by atoms with Crippen LogP contribution in [0.5, 0.6) is 0 Å². The van der Waals surface area contributed by atoms with E-state index >= 15 is 0 Å². The molecule has 3 rings (SSSR count). The molecule has 2 heterocycles. The van der Waals surface area contributed by atoms with Gasteiger partial charge in [-0.1, -0.05) is 29.8 Å². The Morgan fingerprint density at radius 1 is 1.38 bits per heavy atom. The van der Waals surface area contributed by atoms with Crippen molar-refractivity contribution < 1.29 is 4.79 Å². The molecule has 0 unspecified atom stereocenters. The summed E-state index contributed by atoms with van der Waals surface area (Å²) in [6.45, 7) is 4.51. The van der Waals surface area contributed by atoms with Crippen LogP contribution < -0.4 is 5.56 Å². The van der Waals surface area contributed by atoms with Gasteiger partial charge in [0.15, 0.2) is 0 Å². The van der Waals surface area contributed by atoms with Crippen LogP contribution in [0.1, 0.15) is 35.1 Å². The standard InChI is InChI=1S/C18H20ClN3O2/c1-11-3-5-13(6-4-11)9-16-20-15-7-8-22(18(24)12(2)19)10-14(15)17(23)21-16/h3-6,12H,7-10H2,1-2H3,(H,20,21,23)/t12-/m0/s1. The lowest BCUT2D eigenvalue weighted by Gasteiger charge is -2.28. The Labute approximate surface area is 145 Å². The van der Waals surface area contributed by atoms with E-state index < -0.39 is 5.38 Å². The number of hydrogen-bond donors (Lipinski definition) is 1. The average Bonchev–Trinajstić information content (AvgIpc) is 2.56. The number of amides is 1. The SMILES string of the molecule is Cc1ccc(Cc2nc3c(c(=O)[nH]2)CN(C(=O)[C@H](C)Cl)CC3)cc1. The van der Waals surface area contributed by atoms with Crippen LogP contribution in [0.2, 0.25) is 0 Å². The second kappa shape index (κ2) is 6.77. The molecule has 1 aliphatic rings. The zero-order valence-electron chi connectivity index (χ0n) is 13.8. The molecule has 2 aromatic rings. The van der Waals surface area contributed by atoms with Crippen molar-refractivity contribution in [2.45, 2.75) is 38.6 Å². The maximum absolute atomic E-state index is 12.4. The Morgan fingerprint density at radius 2 is 2.08 bits per heavy atom. The number of rotatable bonds is 3. The zero-order chi connectivity index (χ0) is 17.3. The largest absolute Gasteiger partial charge is 0.336 e. The molecule has 24 heavy (non-hydrogen) atoms. The van der Waals surface area contributed by atoms with Gasteiger partial charge in [0.2, 0.25) is 5.91 Å². The summed E-state index contributed by atoms with van der Waals surface area (Å²) in [5, 5.41) is -0.584. The zero-order valence-corrected chi connectivity index (χ0v) is 14.6. The van der Waals surface area contributed by atoms with Gasteiger partial charge in [0.05, 0.1) is 17.8 Å². The number of aromatic nitrogens is 2. The quantitative estimate of drug-likeness (QED) is 0.867. The van der Waals surface area contributed by atoms with E-state index in [0.717, 1.165) is 11.3 Å². The Bertz CT molecular complexity index is 812. The molecule has 1 aliphatic heterocycles. The third-order valence-electron chi connectivity index (χ3n) is 4.26. The fourth-order valence-electron chi connectivity index (χ4n) is 2.90. The Balaban J connectivity index is 1.83. The summed E-state index contributed by atoms with van der Waals surface area (Å²) in [7, 11) is 0. The summed E-state index contributed by atoms with van der Waals surface area (Å²) in [5.41, 5.74) is 3.49. The molecule has 1 amide bonds. The van der Waals surface area contributed by atoms with E-state index in [1.165, 1.54) is 5.56 Å². The highest BCUT2D eigenvalue weighted by atomic mass is 35.5. The first-order valence-corrected chi connectivity index (χ1v) is 8.47. The van der Waals surface area contributed by atoms with Crippen LogP contribution in [0.15, 0.2) is 29.1 Å². The summed E-state index contributed by atoms with van der Waals surface area (Å²) < 4.78 is 0. The van der Waals surface area contributed by atoms with E-state index in [0.29, 0.717) is 30.8 Å². The topological polar surface area (TPSA) is 66.1 Å². The molecule has 0 saturated heterocycles. The lowest BCUT2D eigenvalue weighted by Crippen LogP contribution is -2.42. The van der Waals surface area contributed by atoms with Gasteiger partial charge >= 0.3 is 0 Å². The first kappa shape index (κ1) is 16.7. The second-order valence-electron chi connectivity index (χ2n) is 6.23. The summed E-state index contributed by atoms with van der Waals surface area (Å²) in [4.78, 5) is 33.5. The summed E-state index contributed by atoms with van der Waals surface area (Å²) in [6.07, 6.45) is 1.17. The fraction of sp³-hybridized carbons (Fsp3) is 0.389. The van der Waals surface area contributed by atoms with E-state index in [1.54, 1.807) is 11.8 Å². The molecular weight excluding hydrogens is 326 g/mol. The predicted octanol–water partition coefficient (Wildman–Crippen LogP) is 2.18. The lowest BCUT2D eigenvalue weighted by atomic mass is 10.1. The van der Waals surface area contributed by atoms with E-state index in [9.17, 15) is 9.59 Å². The third kappa shape index (κ3) is 3.51. The molecule has 126 valence electrons. The molecule has 0 fully saturated rings. The van der Waals surface area contributed by atoms with Gasteiger partial charge in [0, 0.05) is 19.4 Å². The number of halogens is 1. The van der Waals surface area contributed by atoms with Crippen LogP contribution in [0.25, 0.3) is 0 Å². The second-order valence-corrected chi connectivity index (χ2v) is 6.88. The lowest BCUT2D eigenvalue weighted by molar-refractivity contribution is -0.131. The van der Waals surface area contributed by atoms with Crippen LogP contribution >= 0.6 is 11.6 Å². The molecule has 0 saturated carbocycles. The molecule has 1 N–H and O–H groups in total. The van der Waals surface area contributed by atoms with E-state index in [2.05, 4.69) is 9.97 Å². The Morgan fingerprint density at radius 3 is 2.75 bits per heavy atom. The van der Waals surface area contributed by atoms with E-state index in [4.69, 9.17) is 11.6 Å². The molecule has 1 atom stereocenters. The first-order chi connectivity index (χ1) is 11.4. The summed E-state index contributed by atoms with van der Waals surface area (Å²) in [5.74, 6) is 0.513. The van der Waals surface area contributed by atoms with Gasteiger partial charge in [-0.3, -0.25) is 9.59 Å². The molecular formula is C18H20ClN3O2. The molecule has 1 aromatic carbocycles. The van der Waals surface area contributed by atoms with Gasteiger partial charge in [-0.15, -0.1) is 11.6 Å². The minimum Gasteiger partial charge on any atom is -0.336 e. The number of aryl methyl sites for hydroxylation is 1. The van der Waals surface area contributed by atoms with Crippen molar-refractivity contribution in [2.75, 3.05) is 6.54 Å². The van der Waals surface area contributed by atoms with E-state index in [1.807, 2.05) is 31.2 Å². The number of nitrogens with one attached hydrogen (secondary N) is 1. The van der Waals surface area contributed by atoms with Crippen molar-refractivity contribution in [1.29, 1.82) is 0 Å².